The van der Waals surface area contributed by atoms with Crippen LogP contribution in [0, 0.1) is 5.92 Å². The largest absolute Gasteiger partial charge is 0.379 e. The summed E-state index contributed by atoms with van der Waals surface area (Å²) in [7, 11) is 1.84. The number of aliphatic imine (C=N–C) groups is 1. The lowest BCUT2D eigenvalue weighted by atomic mass is 10.0. The van der Waals surface area contributed by atoms with E-state index in [1.807, 2.05) is 7.05 Å². The van der Waals surface area contributed by atoms with Crippen molar-refractivity contribution in [2.24, 2.45) is 10.9 Å². The molecule has 1 aromatic rings. The molecule has 2 heterocycles. The average molecular weight is 418 g/mol. The molecule has 0 saturated carbocycles. The normalized spacial score (nSPS) is 19.7. The van der Waals surface area contributed by atoms with E-state index in [4.69, 9.17) is 9.47 Å². The van der Waals surface area contributed by atoms with E-state index >= 15 is 0 Å². The van der Waals surface area contributed by atoms with Crippen LogP contribution in [0.5, 0.6) is 0 Å². The maximum atomic E-state index is 5.54. The number of anilines is 1. The number of guanidine groups is 1. The molecule has 168 valence electrons. The highest BCUT2D eigenvalue weighted by Crippen LogP contribution is 2.21. The fourth-order valence-corrected chi connectivity index (χ4v) is 4.24. The number of nitrogens with one attached hydrogen (secondary N) is 2. The molecule has 2 aliphatic heterocycles. The van der Waals surface area contributed by atoms with Crippen LogP contribution in [0.4, 0.5) is 5.69 Å². The third-order valence-electron chi connectivity index (χ3n) is 5.82. The Morgan fingerprint density at radius 1 is 1.00 bits per heavy atom. The highest BCUT2D eigenvalue weighted by atomic mass is 16.5. The second-order valence-electron chi connectivity index (χ2n) is 8.47. The number of hydrogen-bond acceptors (Lipinski definition) is 5. The predicted octanol–water partition coefficient (Wildman–Crippen LogP) is 1.94. The second-order valence-corrected chi connectivity index (χ2v) is 8.47. The average Bonchev–Trinajstić information content (AvgIpc) is 2.79. The van der Waals surface area contributed by atoms with Crippen LogP contribution in [-0.4, -0.2) is 83.1 Å². The number of para-hydroxylation sites is 1. The van der Waals surface area contributed by atoms with Gasteiger partial charge in [-0.25, -0.2) is 0 Å². The Hall–Kier alpha value is -1.83. The van der Waals surface area contributed by atoms with Crippen LogP contribution in [0.1, 0.15) is 25.8 Å². The van der Waals surface area contributed by atoms with Crippen molar-refractivity contribution in [2.75, 3.05) is 71.1 Å². The smallest absolute Gasteiger partial charge is 0.191 e. The Kier molecular flexibility index (Phi) is 9.24. The standard InChI is InChI=1S/C23H39N5O2/c1-19(2)16-21(27-8-12-29-13-9-27)18-26-23(24-3)25-17-20-6-4-5-7-22(20)28-10-14-30-15-11-28/h4-7,19,21H,8-18H2,1-3H3,(H2,24,25,26). The van der Waals surface area contributed by atoms with Crippen molar-refractivity contribution in [1.82, 2.24) is 15.5 Å². The van der Waals surface area contributed by atoms with Crippen LogP contribution in [0.25, 0.3) is 0 Å². The fourth-order valence-electron chi connectivity index (χ4n) is 4.24. The van der Waals surface area contributed by atoms with Gasteiger partial charge in [0.2, 0.25) is 0 Å². The number of morpholine rings is 2. The molecule has 2 saturated heterocycles. The molecule has 0 spiro atoms. The Bertz CT molecular complexity index is 655. The van der Waals surface area contributed by atoms with Crippen LogP contribution >= 0.6 is 0 Å². The molecule has 0 amide bonds. The zero-order valence-electron chi connectivity index (χ0n) is 18.9. The van der Waals surface area contributed by atoms with Crippen molar-refractivity contribution in [3.05, 3.63) is 29.8 Å². The van der Waals surface area contributed by atoms with E-state index in [2.05, 4.69) is 63.5 Å². The third-order valence-corrected chi connectivity index (χ3v) is 5.82. The van der Waals surface area contributed by atoms with Gasteiger partial charge >= 0.3 is 0 Å². The van der Waals surface area contributed by atoms with Crippen molar-refractivity contribution in [3.63, 3.8) is 0 Å². The van der Waals surface area contributed by atoms with Gasteiger partial charge in [0.25, 0.3) is 0 Å². The molecular formula is C23H39N5O2. The molecule has 2 fully saturated rings. The predicted molar refractivity (Wildman–Crippen MR) is 123 cm³/mol. The van der Waals surface area contributed by atoms with E-state index in [0.29, 0.717) is 12.0 Å². The lowest BCUT2D eigenvalue weighted by Gasteiger charge is -2.35. The number of benzene rings is 1. The van der Waals surface area contributed by atoms with Crippen molar-refractivity contribution in [3.8, 4) is 0 Å². The molecule has 0 aromatic heterocycles. The van der Waals surface area contributed by atoms with Crippen molar-refractivity contribution < 1.29 is 9.47 Å². The van der Waals surface area contributed by atoms with E-state index in [1.165, 1.54) is 17.7 Å². The van der Waals surface area contributed by atoms with Gasteiger partial charge in [0.05, 0.1) is 26.4 Å². The maximum Gasteiger partial charge on any atom is 0.191 e. The van der Waals surface area contributed by atoms with Gasteiger partial charge in [-0.05, 0) is 24.0 Å². The number of rotatable bonds is 8. The number of nitrogens with zero attached hydrogens (tertiary/aromatic N) is 3. The summed E-state index contributed by atoms with van der Waals surface area (Å²) >= 11 is 0. The van der Waals surface area contributed by atoms with Gasteiger partial charge in [-0.3, -0.25) is 9.89 Å². The first-order valence-corrected chi connectivity index (χ1v) is 11.3. The van der Waals surface area contributed by atoms with E-state index in [1.54, 1.807) is 0 Å². The van der Waals surface area contributed by atoms with E-state index in [9.17, 15) is 0 Å². The molecule has 30 heavy (non-hydrogen) atoms. The van der Waals surface area contributed by atoms with E-state index in [-0.39, 0.29) is 0 Å². The molecule has 0 bridgehead atoms. The first-order chi connectivity index (χ1) is 14.7. The monoisotopic (exact) mass is 417 g/mol. The summed E-state index contributed by atoms with van der Waals surface area (Å²) in [5, 5.41) is 7.08. The van der Waals surface area contributed by atoms with E-state index in [0.717, 1.165) is 71.7 Å². The maximum absolute atomic E-state index is 5.54. The van der Waals surface area contributed by atoms with Crippen LogP contribution < -0.4 is 15.5 Å². The molecule has 1 atom stereocenters. The summed E-state index contributed by atoms with van der Waals surface area (Å²) in [5.41, 5.74) is 2.57. The SMILES string of the molecule is CN=C(NCc1ccccc1N1CCOCC1)NCC(CC(C)C)N1CCOCC1. The summed E-state index contributed by atoms with van der Waals surface area (Å²) in [5.74, 6) is 1.52. The molecule has 7 heteroatoms. The summed E-state index contributed by atoms with van der Waals surface area (Å²) in [4.78, 5) is 9.42. The van der Waals surface area contributed by atoms with Crippen LogP contribution in [-0.2, 0) is 16.0 Å². The van der Waals surface area contributed by atoms with Gasteiger partial charge in [-0.1, -0.05) is 32.0 Å². The number of hydrogen-bond donors (Lipinski definition) is 2. The van der Waals surface area contributed by atoms with Crippen molar-refractivity contribution in [1.29, 1.82) is 0 Å². The highest BCUT2D eigenvalue weighted by Gasteiger charge is 2.22. The highest BCUT2D eigenvalue weighted by molar-refractivity contribution is 5.79. The topological polar surface area (TPSA) is 61.4 Å². The van der Waals surface area contributed by atoms with Gasteiger partial charge in [0.15, 0.2) is 5.96 Å². The molecule has 7 nitrogen and oxygen atoms in total. The van der Waals surface area contributed by atoms with Gasteiger partial charge in [-0.2, -0.15) is 0 Å². The number of ether oxygens (including phenoxy) is 2. The molecule has 2 N–H and O–H groups in total. The first kappa shape index (κ1) is 22.8. The minimum atomic E-state index is 0.494. The first-order valence-electron chi connectivity index (χ1n) is 11.3. The van der Waals surface area contributed by atoms with Gasteiger partial charge in [0, 0.05) is 58.0 Å². The Morgan fingerprint density at radius 3 is 2.33 bits per heavy atom. The van der Waals surface area contributed by atoms with Gasteiger partial charge < -0.3 is 25.0 Å². The summed E-state index contributed by atoms with van der Waals surface area (Å²) < 4.78 is 11.1. The Balaban J connectivity index is 1.55. The molecule has 0 aliphatic carbocycles. The zero-order valence-corrected chi connectivity index (χ0v) is 18.9. The van der Waals surface area contributed by atoms with Gasteiger partial charge in [0.1, 0.15) is 0 Å². The van der Waals surface area contributed by atoms with E-state index < -0.39 is 0 Å². The summed E-state index contributed by atoms with van der Waals surface area (Å²) in [6.45, 7) is 13.4. The van der Waals surface area contributed by atoms with Crippen molar-refractivity contribution >= 4 is 11.6 Å². The second kappa shape index (κ2) is 12.1. The Labute approximate surface area is 181 Å². The minimum absolute atomic E-state index is 0.494. The molecule has 0 radical (unpaired) electrons. The zero-order chi connectivity index (χ0) is 21.2. The third kappa shape index (κ3) is 6.86. The molecular weight excluding hydrogens is 378 g/mol. The minimum Gasteiger partial charge on any atom is -0.379 e. The molecule has 1 unspecified atom stereocenters. The lowest BCUT2D eigenvalue weighted by molar-refractivity contribution is 0.0132. The van der Waals surface area contributed by atoms with Crippen LogP contribution in [0.3, 0.4) is 0 Å². The Morgan fingerprint density at radius 2 is 1.67 bits per heavy atom. The lowest BCUT2D eigenvalue weighted by Crippen LogP contribution is -2.51. The molecule has 3 rings (SSSR count). The quantitative estimate of drug-likeness (QED) is 0.498. The van der Waals surface area contributed by atoms with Gasteiger partial charge in [-0.15, -0.1) is 0 Å². The molecule has 1 aromatic carbocycles. The van der Waals surface area contributed by atoms with Crippen LogP contribution in [0.15, 0.2) is 29.3 Å². The fraction of sp³-hybridized carbons (Fsp3) is 0.696. The summed E-state index contributed by atoms with van der Waals surface area (Å²) in [6.07, 6.45) is 1.17. The summed E-state index contributed by atoms with van der Waals surface area (Å²) in [6, 6.07) is 9.11. The van der Waals surface area contributed by atoms with Crippen LogP contribution in [0.2, 0.25) is 0 Å². The molecule has 2 aliphatic rings. The van der Waals surface area contributed by atoms with Crippen molar-refractivity contribution in [2.45, 2.75) is 32.9 Å².